The highest BCUT2D eigenvalue weighted by Crippen LogP contribution is 2.40. The van der Waals surface area contributed by atoms with E-state index in [9.17, 15) is 23.4 Å². The second-order valence-corrected chi connectivity index (χ2v) is 8.96. The van der Waals surface area contributed by atoms with Crippen LogP contribution in [0.3, 0.4) is 0 Å². The number of aliphatic hydroxyl groups excluding tert-OH is 2. The Morgan fingerprint density at radius 1 is 1.14 bits per heavy atom. The van der Waals surface area contributed by atoms with E-state index in [1.165, 1.54) is 6.33 Å². The summed E-state index contributed by atoms with van der Waals surface area (Å²) in [7, 11) is 1.77. The monoisotopic (exact) mass is 486 g/mol. The lowest BCUT2D eigenvalue weighted by atomic mass is 9.95. The zero-order valence-corrected chi connectivity index (χ0v) is 18.9. The van der Waals surface area contributed by atoms with E-state index < -0.39 is 29.8 Å². The summed E-state index contributed by atoms with van der Waals surface area (Å²) in [6.45, 7) is 0. The number of nitrogens with zero attached hydrogens (tertiary/aromatic N) is 4. The number of halogens is 3. The molecule has 4 atom stereocenters. The first kappa shape index (κ1) is 23.3. The number of rotatable bonds is 5. The standard InChI is InChI=1S/C24H25F3N6O2/c1-29-22-15-6-7-33(23(15)31-11-30-22)18-10-14(19(34)20(18)35)5-3-12-2-4-13-9-16(24(25,26)27)21(28)32-17(13)8-12/h2,4,6-9,11,14,18-20,34-35H,3,5,10H2,1H3,(H2,28,32)(H,29,30,31)/t14-,18+,19+,20-/m0/s1. The number of nitrogen functional groups attached to an aromatic ring is 1. The molecular weight excluding hydrogens is 461 g/mol. The Labute approximate surface area is 198 Å². The number of aliphatic hydroxyl groups is 2. The summed E-state index contributed by atoms with van der Waals surface area (Å²) in [6, 6.07) is 7.62. The predicted molar refractivity (Wildman–Crippen MR) is 126 cm³/mol. The van der Waals surface area contributed by atoms with Gasteiger partial charge in [0.15, 0.2) is 0 Å². The van der Waals surface area contributed by atoms with Crippen molar-refractivity contribution in [3.05, 3.63) is 54.0 Å². The van der Waals surface area contributed by atoms with Crippen LogP contribution in [-0.2, 0) is 12.6 Å². The number of fused-ring (bicyclic) bond motifs is 2. The van der Waals surface area contributed by atoms with Crippen molar-refractivity contribution in [1.29, 1.82) is 0 Å². The maximum absolute atomic E-state index is 13.1. The van der Waals surface area contributed by atoms with Crippen LogP contribution in [0.4, 0.5) is 24.8 Å². The van der Waals surface area contributed by atoms with Crippen LogP contribution >= 0.6 is 0 Å². The fourth-order valence-corrected chi connectivity index (χ4v) is 5.06. The zero-order chi connectivity index (χ0) is 24.9. The molecule has 35 heavy (non-hydrogen) atoms. The Morgan fingerprint density at radius 2 is 1.94 bits per heavy atom. The number of hydrogen-bond acceptors (Lipinski definition) is 7. The van der Waals surface area contributed by atoms with Gasteiger partial charge in [-0.15, -0.1) is 0 Å². The van der Waals surface area contributed by atoms with Crippen molar-refractivity contribution in [2.45, 2.75) is 43.7 Å². The topological polar surface area (TPSA) is 122 Å². The summed E-state index contributed by atoms with van der Waals surface area (Å²) in [4.78, 5) is 12.5. The van der Waals surface area contributed by atoms with Gasteiger partial charge in [0.1, 0.15) is 29.7 Å². The Balaban J connectivity index is 1.33. The van der Waals surface area contributed by atoms with E-state index in [1.54, 1.807) is 25.2 Å². The molecular formula is C24H25F3N6O2. The molecule has 3 aromatic heterocycles. The molecule has 0 aliphatic heterocycles. The molecule has 0 radical (unpaired) electrons. The van der Waals surface area contributed by atoms with Crippen LogP contribution in [0.2, 0.25) is 0 Å². The van der Waals surface area contributed by atoms with Crippen LogP contribution in [0.25, 0.3) is 21.9 Å². The van der Waals surface area contributed by atoms with Crippen LogP contribution in [0.5, 0.6) is 0 Å². The van der Waals surface area contributed by atoms with Gasteiger partial charge in [-0.05, 0) is 48.9 Å². The summed E-state index contributed by atoms with van der Waals surface area (Å²) >= 11 is 0. The number of aromatic nitrogens is 4. The van der Waals surface area contributed by atoms with Gasteiger partial charge in [-0.1, -0.05) is 12.1 Å². The average molecular weight is 486 g/mol. The molecule has 1 aliphatic rings. The van der Waals surface area contributed by atoms with E-state index in [2.05, 4.69) is 20.3 Å². The van der Waals surface area contributed by atoms with E-state index in [4.69, 9.17) is 5.73 Å². The zero-order valence-electron chi connectivity index (χ0n) is 18.9. The molecule has 1 fully saturated rings. The van der Waals surface area contributed by atoms with Gasteiger partial charge >= 0.3 is 6.18 Å². The van der Waals surface area contributed by atoms with E-state index >= 15 is 0 Å². The van der Waals surface area contributed by atoms with Crippen molar-refractivity contribution in [3.63, 3.8) is 0 Å². The lowest BCUT2D eigenvalue weighted by Gasteiger charge is -2.19. The highest BCUT2D eigenvalue weighted by atomic mass is 19.4. The maximum Gasteiger partial charge on any atom is 0.419 e. The number of alkyl halides is 3. The molecule has 184 valence electrons. The molecule has 0 saturated heterocycles. The third-order valence-corrected chi connectivity index (χ3v) is 6.90. The van der Waals surface area contributed by atoms with Gasteiger partial charge in [0.25, 0.3) is 0 Å². The maximum atomic E-state index is 13.1. The molecule has 4 aromatic rings. The molecule has 8 nitrogen and oxygen atoms in total. The minimum atomic E-state index is -4.56. The van der Waals surface area contributed by atoms with Gasteiger partial charge in [-0.3, -0.25) is 0 Å². The lowest BCUT2D eigenvalue weighted by molar-refractivity contribution is -0.137. The molecule has 3 heterocycles. The highest BCUT2D eigenvalue weighted by Gasteiger charge is 2.42. The largest absolute Gasteiger partial charge is 0.419 e. The fourth-order valence-electron chi connectivity index (χ4n) is 5.06. The van der Waals surface area contributed by atoms with Crippen molar-refractivity contribution in [1.82, 2.24) is 19.5 Å². The van der Waals surface area contributed by atoms with Crippen LogP contribution in [0.15, 0.2) is 42.9 Å². The summed E-state index contributed by atoms with van der Waals surface area (Å²) < 4.78 is 41.2. The van der Waals surface area contributed by atoms with Crippen molar-refractivity contribution >= 4 is 33.6 Å². The number of nitrogens with one attached hydrogen (secondary N) is 1. The third kappa shape index (κ3) is 4.14. The van der Waals surface area contributed by atoms with Crippen molar-refractivity contribution in [2.75, 3.05) is 18.1 Å². The summed E-state index contributed by atoms with van der Waals surface area (Å²) in [5.41, 5.74) is 6.53. The molecule has 0 bridgehead atoms. The molecule has 5 rings (SSSR count). The first-order valence-corrected chi connectivity index (χ1v) is 11.3. The third-order valence-electron chi connectivity index (χ3n) is 6.90. The second-order valence-electron chi connectivity index (χ2n) is 8.96. The summed E-state index contributed by atoms with van der Waals surface area (Å²) in [6.07, 6.45) is -1.42. The molecule has 0 amide bonds. The minimum absolute atomic E-state index is 0.167. The number of benzene rings is 1. The summed E-state index contributed by atoms with van der Waals surface area (Å²) in [5.74, 6) is -0.0332. The van der Waals surface area contributed by atoms with Crippen LogP contribution in [0, 0.1) is 5.92 Å². The second kappa shape index (κ2) is 8.65. The molecule has 1 aromatic carbocycles. The van der Waals surface area contributed by atoms with Crippen LogP contribution in [-0.4, -0.2) is 49.0 Å². The average Bonchev–Trinajstić information content (AvgIpc) is 3.37. The smallest absolute Gasteiger partial charge is 0.390 e. The van der Waals surface area contributed by atoms with Gasteiger partial charge in [-0.25, -0.2) is 15.0 Å². The van der Waals surface area contributed by atoms with Gasteiger partial charge in [0, 0.05) is 18.6 Å². The Bertz CT molecular complexity index is 1390. The van der Waals surface area contributed by atoms with Crippen LogP contribution in [0.1, 0.15) is 30.0 Å². The number of aryl methyl sites for hydroxylation is 1. The van der Waals surface area contributed by atoms with Gasteiger partial charge in [-0.2, -0.15) is 13.2 Å². The van der Waals surface area contributed by atoms with E-state index in [0.29, 0.717) is 41.6 Å². The van der Waals surface area contributed by atoms with Crippen molar-refractivity contribution in [2.24, 2.45) is 5.92 Å². The molecule has 11 heteroatoms. The molecule has 0 spiro atoms. The summed E-state index contributed by atoms with van der Waals surface area (Å²) in [5, 5.41) is 25.8. The fraction of sp³-hybridized carbons (Fsp3) is 0.375. The highest BCUT2D eigenvalue weighted by molar-refractivity contribution is 5.87. The molecule has 1 saturated carbocycles. The number of anilines is 2. The van der Waals surface area contributed by atoms with Gasteiger partial charge in [0.05, 0.1) is 28.6 Å². The van der Waals surface area contributed by atoms with Gasteiger partial charge < -0.3 is 25.8 Å². The molecule has 0 unspecified atom stereocenters. The van der Waals surface area contributed by atoms with Crippen molar-refractivity contribution in [3.8, 4) is 0 Å². The minimum Gasteiger partial charge on any atom is -0.390 e. The van der Waals surface area contributed by atoms with Crippen LogP contribution < -0.4 is 11.1 Å². The van der Waals surface area contributed by atoms with E-state index in [1.807, 2.05) is 16.8 Å². The quantitative estimate of drug-likeness (QED) is 0.340. The number of pyridine rings is 1. The normalized spacial score (nSPS) is 22.8. The molecule has 1 aliphatic carbocycles. The first-order chi connectivity index (χ1) is 16.7. The predicted octanol–water partition coefficient (Wildman–Crippen LogP) is 3.54. The molecule has 5 N–H and O–H groups in total. The first-order valence-electron chi connectivity index (χ1n) is 11.3. The number of hydrogen-bond donors (Lipinski definition) is 4. The van der Waals surface area contributed by atoms with Gasteiger partial charge in [0.2, 0.25) is 0 Å². The lowest BCUT2D eigenvalue weighted by Crippen LogP contribution is -2.29. The van der Waals surface area contributed by atoms with E-state index in [0.717, 1.165) is 17.0 Å². The Morgan fingerprint density at radius 3 is 2.69 bits per heavy atom. The Hall–Kier alpha value is -3.44. The number of nitrogens with two attached hydrogens (primary N) is 1. The SMILES string of the molecule is CNc1ncnc2c1ccn2[C@@H]1C[C@H](CCc2ccc3cc(C(F)(F)F)c(N)nc3c2)[C@@H](O)[C@H]1O. The van der Waals surface area contributed by atoms with Crippen molar-refractivity contribution < 1.29 is 23.4 Å². The van der Waals surface area contributed by atoms with E-state index in [-0.39, 0.29) is 12.0 Å². The Kier molecular flexibility index (Phi) is 5.76.